The summed E-state index contributed by atoms with van der Waals surface area (Å²) in [5, 5.41) is 0.659. The second-order valence-electron chi connectivity index (χ2n) is 5.63. The minimum Gasteiger partial charge on any atom is -0.497 e. The van der Waals surface area contributed by atoms with Crippen LogP contribution in [0.5, 0.6) is 17.2 Å². The van der Waals surface area contributed by atoms with E-state index in [9.17, 15) is 9.59 Å². The van der Waals surface area contributed by atoms with E-state index in [1.807, 2.05) is 0 Å². The van der Waals surface area contributed by atoms with Gasteiger partial charge in [-0.05, 0) is 24.3 Å². The largest absolute Gasteiger partial charge is 0.497 e. The van der Waals surface area contributed by atoms with Gasteiger partial charge in [0, 0.05) is 29.1 Å². The highest BCUT2D eigenvalue weighted by molar-refractivity contribution is 5.90. The van der Waals surface area contributed by atoms with Crippen LogP contribution < -0.4 is 19.8 Å². The lowest BCUT2D eigenvalue weighted by molar-refractivity contribution is 0.0473. The molecule has 7 heteroatoms. The maximum atomic E-state index is 12.4. The van der Waals surface area contributed by atoms with Crippen LogP contribution in [0.25, 0.3) is 11.0 Å². The summed E-state index contributed by atoms with van der Waals surface area (Å²) >= 11 is 0. The zero-order chi connectivity index (χ0) is 19.4. The van der Waals surface area contributed by atoms with Gasteiger partial charge in [0.1, 0.15) is 29.4 Å². The first-order chi connectivity index (χ1) is 13.0. The fraction of sp³-hybridized carbons (Fsp3) is 0.200. The molecule has 0 unspecified atom stereocenters. The first kappa shape index (κ1) is 18.3. The molecule has 3 rings (SSSR count). The summed E-state index contributed by atoms with van der Waals surface area (Å²) in [5.74, 6) is 0.934. The average Bonchev–Trinajstić information content (AvgIpc) is 2.70. The Balaban J connectivity index is 1.86. The third kappa shape index (κ3) is 4.03. The summed E-state index contributed by atoms with van der Waals surface area (Å²) < 4.78 is 26.0. The smallest absolute Gasteiger partial charge is 0.338 e. The quantitative estimate of drug-likeness (QED) is 0.487. The molecule has 0 spiro atoms. The monoisotopic (exact) mass is 370 g/mol. The maximum Gasteiger partial charge on any atom is 0.338 e. The molecule has 0 aliphatic rings. The normalized spacial score (nSPS) is 10.5. The second-order valence-corrected chi connectivity index (χ2v) is 5.63. The summed E-state index contributed by atoms with van der Waals surface area (Å²) in [7, 11) is 4.51. The van der Waals surface area contributed by atoms with Crippen molar-refractivity contribution in [1.82, 2.24) is 0 Å². The van der Waals surface area contributed by atoms with E-state index in [4.69, 9.17) is 23.4 Å². The molecule has 0 aliphatic heterocycles. The van der Waals surface area contributed by atoms with Gasteiger partial charge in [-0.3, -0.25) is 0 Å². The SMILES string of the molecule is COc1cc(OC)cc(C(=O)OCc2cc(=O)oc3cc(OC)ccc23)c1. The molecule has 0 bridgehead atoms. The van der Waals surface area contributed by atoms with Crippen molar-refractivity contribution < 1.29 is 28.2 Å². The van der Waals surface area contributed by atoms with Crippen LogP contribution in [0.3, 0.4) is 0 Å². The number of hydrogen-bond acceptors (Lipinski definition) is 7. The van der Waals surface area contributed by atoms with Crippen LogP contribution in [0.1, 0.15) is 15.9 Å². The van der Waals surface area contributed by atoms with Gasteiger partial charge < -0.3 is 23.4 Å². The number of ether oxygens (including phenoxy) is 4. The van der Waals surface area contributed by atoms with Crippen molar-refractivity contribution in [2.24, 2.45) is 0 Å². The lowest BCUT2D eigenvalue weighted by Crippen LogP contribution is -2.08. The first-order valence-electron chi connectivity index (χ1n) is 8.05. The van der Waals surface area contributed by atoms with E-state index in [1.54, 1.807) is 36.4 Å². The number of carbonyl (C=O) groups excluding carboxylic acids is 1. The van der Waals surface area contributed by atoms with Crippen molar-refractivity contribution in [3.05, 3.63) is 64.0 Å². The van der Waals surface area contributed by atoms with Gasteiger partial charge in [-0.1, -0.05) is 0 Å². The summed E-state index contributed by atoms with van der Waals surface area (Å²) in [6.45, 7) is -0.0905. The molecule has 27 heavy (non-hydrogen) atoms. The minimum atomic E-state index is -0.567. The zero-order valence-corrected chi connectivity index (χ0v) is 15.1. The fourth-order valence-corrected chi connectivity index (χ4v) is 2.61. The highest BCUT2D eigenvalue weighted by Gasteiger charge is 2.14. The van der Waals surface area contributed by atoms with Crippen LogP contribution in [0, 0.1) is 0 Å². The molecule has 0 radical (unpaired) electrons. The van der Waals surface area contributed by atoms with Gasteiger partial charge in [0.05, 0.1) is 26.9 Å². The van der Waals surface area contributed by atoms with Gasteiger partial charge in [0.25, 0.3) is 0 Å². The van der Waals surface area contributed by atoms with Gasteiger partial charge in [0.2, 0.25) is 0 Å². The molecule has 0 atom stereocenters. The Morgan fingerprint density at radius 3 is 2.19 bits per heavy atom. The number of carbonyl (C=O) groups is 1. The van der Waals surface area contributed by atoms with Gasteiger partial charge in [0.15, 0.2) is 0 Å². The average molecular weight is 370 g/mol. The molecule has 2 aromatic carbocycles. The molecular weight excluding hydrogens is 352 g/mol. The van der Waals surface area contributed by atoms with E-state index in [0.717, 1.165) is 0 Å². The lowest BCUT2D eigenvalue weighted by atomic mass is 10.1. The molecule has 1 heterocycles. The van der Waals surface area contributed by atoms with Gasteiger partial charge in [-0.15, -0.1) is 0 Å². The Kier molecular flexibility index (Phi) is 5.30. The molecule has 140 valence electrons. The van der Waals surface area contributed by atoms with Crippen LogP contribution in [-0.2, 0) is 11.3 Å². The van der Waals surface area contributed by atoms with Crippen molar-refractivity contribution in [3.8, 4) is 17.2 Å². The van der Waals surface area contributed by atoms with Crippen molar-refractivity contribution in [2.75, 3.05) is 21.3 Å². The lowest BCUT2D eigenvalue weighted by Gasteiger charge is -2.10. The van der Waals surface area contributed by atoms with Crippen LogP contribution in [0.15, 0.2) is 51.7 Å². The Morgan fingerprint density at radius 1 is 0.889 bits per heavy atom. The molecule has 3 aromatic rings. The summed E-state index contributed by atoms with van der Waals surface area (Å²) in [6, 6.07) is 11.1. The van der Waals surface area contributed by atoms with E-state index in [0.29, 0.717) is 33.8 Å². The highest BCUT2D eigenvalue weighted by Crippen LogP contribution is 2.25. The first-order valence-corrected chi connectivity index (χ1v) is 8.05. The van der Waals surface area contributed by atoms with Crippen molar-refractivity contribution >= 4 is 16.9 Å². The van der Waals surface area contributed by atoms with Gasteiger partial charge in [-0.2, -0.15) is 0 Å². The van der Waals surface area contributed by atoms with E-state index in [1.165, 1.54) is 27.4 Å². The number of esters is 1. The summed E-state index contributed by atoms with van der Waals surface area (Å²) in [6.07, 6.45) is 0. The van der Waals surface area contributed by atoms with Crippen molar-refractivity contribution in [2.45, 2.75) is 6.61 Å². The maximum absolute atomic E-state index is 12.4. The highest BCUT2D eigenvalue weighted by atomic mass is 16.5. The number of methoxy groups -OCH3 is 3. The number of hydrogen-bond donors (Lipinski definition) is 0. The predicted octanol–water partition coefficient (Wildman–Crippen LogP) is 3.18. The van der Waals surface area contributed by atoms with E-state index in [2.05, 4.69) is 0 Å². The molecule has 1 aromatic heterocycles. The van der Waals surface area contributed by atoms with Crippen LogP contribution in [0.4, 0.5) is 0 Å². The van der Waals surface area contributed by atoms with Crippen LogP contribution in [-0.4, -0.2) is 27.3 Å². The van der Waals surface area contributed by atoms with Crippen molar-refractivity contribution in [3.63, 3.8) is 0 Å². The molecule has 0 aliphatic carbocycles. The minimum absolute atomic E-state index is 0.0905. The second kappa shape index (κ2) is 7.82. The van der Waals surface area contributed by atoms with Crippen LogP contribution in [0.2, 0.25) is 0 Å². The molecule has 0 fully saturated rings. The zero-order valence-electron chi connectivity index (χ0n) is 15.1. The molecular formula is C20H18O7. The fourth-order valence-electron chi connectivity index (χ4n) is 2.61. The Bertz CT molecular complexity index is 1010. The predicted molar refractivity (Wildman–Crippen MR) is 97.7 cm³/mol. The third-order valence-electron chi connectivity index (χ3n) is 3.98. The molecule has 0 saturated carbocycles. The van der Waals surface area contributed by atoms with E-state index < -0.39 is 11.6 Å². The number of fused-ring (bicyclic) bond motifs is 1. The van der Waals surface area contributed by atoms with Crippen molar-refractivity contribution in [1.29, 1.82) is 0 Å². The molecule has 0 N–H and O–H groups in total. The Hall–Kier alpha value is -3.48. The Morgan fingerprint density at radius 2 is 1.56 bits per heavy atom. The number of rotatable bonds is 6. The van der Waals surface area contributed by atoms with Gasteiger partial charge in [-0.25, -0.2) is 9.59 Å². The van der Waals surface area contributed by atoms with E-state index >= 15 is 0 Å². The third-order valence-corrected chi connectivity index (χ3v) is 3.98. The van der Waals surface area contributed by atoms with E-state index in [-0.39, 0.29) is 12.2 Å². The standard InChI is InChI=1S/C20H18O7/c1-23-14-4-5-17-13(8-19(21)27-18(17)10-14)11-26-20(22)12-6-15(24-2)9-16(7-12)25-3/h4-10H,11H2,1-3H3. The summed E-state index contributed by atoms with van der Waals surface area (Å²) in [5.41, 5.74) is 0.632. The Labute approximate surface area is 155 Å². The topological polar surface area (TPSA) is 84.2 Å². The molecule has 7 nitrogen and oxygen atoms in total. The number of benzene rings is 2. The molecule has 0 saturated heterocycles. The summed E-state index contributed by atoms with van der Waals surface area (Å²) in [4.78, 5) is 24.2. The molecule has 0 amide bonds. The van der Waals surface area contributed by atoms with Gasteiger partial charge >= 0.3 is 11.6 Å². The van der Waals surface area contributed by atoms with Crippen LogP contribution >= 0.6 is 0 Å².